The second kappa shape index (κ2) is 3.89. The molecule has 1 fully saturated rings. The molecule has 0 aromatic carbocycles. The fraction of sp³-hybridized carbons (Fsp3) is 0.545. The number of hydrogen-bond donors (Lipinski definition) is 1. The molecular formula is C11H14ClNO2. The van der Waals surface area contributed by atoms with Gasteiger partial charge in [0.1, 0.15) is 0 Å². The van der Waals surface area contributed by atoms with Crippen LogP contribution in [0.1, 0.15) is 36.5 Å². The molecule has 0 radical (unpaired) electrons. The lowest BCUT2D eigenvalue weighted by Gasteiger charge is -2.38. The third-order valence-corrected chi connectivity index (χ3v) is 3.39. The van der Waals surface area contributed by atoms with E-state index < -0.39 is 0 Å². The molecule has 1 amide bonds. The van der Waals surface area contributed by atoms with Gasteiger partial charge < -0.3 is 9.73 Å². The summed E-state index contributed by atoms with van der Waals surface area (Å²) in [6, 6.07) is 1.58. The highest BCUT2D eigenvalue weighted by Crippen LogP contribution is 2.39. The molecule has 0 bridgehead atoms. The van der Waals surface area contributed by atoms with E-state index in [0.29, 0.717) is 12.1 Å². The normalized spacial score (nSPS) is 18.3. The summed E-state index contributed by atoms with van der Waals surface area (Å²) >= 11 is 5.71. The maximum absolute atomic E-state index is 11.7. The van der Waals surface area contributed by atoms with Gasteiger partial charge in [0.15, 0.2) is 0 Å². The molecule has 2 rings (SSSR count). The van der Waals surface area contributed by atoms with Crippen LogP contribution >= 0.6 is 11.6 Å². The van der Waals surface area contributed by atoms with Crippen LogP contribution in [-0.2, 0) is 0 Å². The van der Waals surface area contributed by atoms with E-state index in [1.54, 1.807) is 6.07 Å². The van der Waals surface area contributed by atoms with Gasteiger partial charge in [-0.1, -0.05) is 13.3 Å². The molecule has 0 spiro atoms. The van der Waals surface area contributed by atoms with Crippen molar-refractivity contribution in [3.8, 4) is 0 Å². The number of carbonyl (C=O) groups excluding carboxylic acids is 1. The molecule has 4 heteroatoms. The molecule has 1 aliphatic carbocycles. The fourth-order valence-electron chi connectivity index (χ4n) is 1.80. The van der Waals surface area contributed by atoms with Crippen molar-refractivity contribution < 1.29 is 9.21 Å². The fourth-order valence-corrected chi connectivity index (χ4v) is 2.00. The largest absolute Gasteiger partial charge is 0.452 e. The van der Waals surface area contributed by atoms with Crippen molar-refractivity contribution in [1.82, 2.24) is 5.32 Å². The van der Waals surface area contributed by atoms with Crippen molar-refractivity contribution >= 4 is 17.5 Å². The average Bonchev–Trinajstić information content (AvgIpc) is 2.58. The first kappa shape index (κ1) is 10.6. The number of carbonyl (C=O) groups is 1. The van der Waals surface area contributed by atoms with Crippen LogP contribution in [0.25, 0.3) is 0 Å². The van der Waals surface area contributed by atoms with Crippen LogP contribution in [0.4, 0.5) is 0 Å². The maximum atomic E-state index is 11.7. The second-order valence-corrected chi connectivity index (χ2v) is 4.80. The van der Waals surface area contributed by atoms with E-state index in [-0.39, 0.29) is 16.5 Å². The zero-order valence-electron chi connectivity index (χ0n) is 8.68. The summed E-state index contributed by atoms with van der Waals surface area (Å²) in [6.07, 6.45) is 5.06. The Bertz CT molecular complexity index is 368. The summed E-state index contributed by atoms with van der Waals surface area (Å²) in [4.78, 5) is 11.7. The summed E-state index contributed by atoms with van der Waals surface area (Å²) in [5.41, 5.74) is 0.700. The Labute approximate surface area is 93.8 Å². The number of halogens is 1. The summed E-state index contributed by atoms with van der Waals surface area (Å²) in [7, 11) is 0. The first-order valence-corrected chi connectivity index (χ1v) is 5.50. The van der Waals surface area contributed by atoms with Crippen LogP contribution in [0.15, 0.2) is 16.7 Å². The average molecular weight is 228 g/mol. The number of furan rings is 1. The van der Waals surface area contributed by atoms with Crippen molar-refractivity contribution in [3.63, 3.8) is 0 Å². The van der Waals surface area contributed by atoms with Crippen LogP contribution in [0, 0.1) is 5.41 Å². The first-order chi connectivity index (χ1) is 7.11. The van der Waals surface area contributed by atoms with Gasteiger partial charge in [0, 0.05) is 6.54 Å². The van der Waals surface area contributed by atoms with Gasteiger partial charge in [-0.05, 0) is 35.9 Å². The molecule has 15 heavy (non-hydrogen) atoms. The van der Waals surface area contributed by atoms with E-state index in [1.807, 2.05) is 0 Å². The molecule has 0 unspecified atom stereocenters. The first-order valence-electron chi connectivity index (χ1n) is 5.12. The van der Waals surface area contributed by atoms with Gasteiger partial charge in [0.05, 0.1) is 11.8 Å². The molecule has 0 atom stereocenters. The highest BCUT2D eigenvalue weighted by molar-refractivity contribution is 6.32. The Morgan fingerprint density at radius 2 is 2.40 bits per heavy atom. The molecule has 0 aliphatic heterocycles. The number of hydrogen-bond acceptors (Lipinski definition) is 2. The lowest BCUT2D eigenvalue weighted by molar-refractivity contribution is 0.0890. The van der Waals surface area contributed by atoms with Gasteiger partial charge in [-0.3, -0.25) is 4.79 Å². The minimum Gasteiger partial charge on any atom is -0.452 e. The molecule has 1 N–H and O–H groups in total. The monoisotopic (exact) mass is 227 g/mol. The molecule has 82 valence electrons. The van der Waals surface area contributed by atoms with E-state index in [0.717, 1.165) is 0 Å². The summed E-state index contributed by atoms with van der Waals surface area (Å²) in [5.74, 6) is -0.151. The number of nitrogens with one attached hydrogen (secondary N) is 1. The summed E-state index contributed by atoms with van der Waals surface area (Å²) < 4.78 is 4.86. The molecule has 3 nitrogen and oxygen atoms in total. The Morgan fingerprint density at radius 1 is 1.67 bits per heavy atom. The SMILES string of the molecule is CC1(CNC(=O)c2ccoc2Cl)CCC1. The molecule has 1 heterocycles. The van der Waals surface area contributed by atoms with E-state index >= 15 is 0 Å². The zero-order valence-corrected chi connectivity index (χ0v) is 9.43. The third kappa shape index (κ3) is 2.17. The van der Waals surface area contributed by atoms with Crippen LogP contribution < -0.4 is 5.32 Å². The van der Waals surface area contributed by atoms with Gasteiger partial charge >= 0.3 is 0 Å². The van der Waals surface area contributed by atoms with Crippen LogP contribution in [0.5, 0.6) is 0 Å². The van der Waals surface area contributed by atoms with Crippen molar-refractivity contribution in [3.05, 3.63) is 23.1 Å². The smallest absolute Gasteiger partial charge is 0.256 e. The van der Waals surface area contributed by atoms with Crippen molar-refractivity contribution in [2.75, 3.05) is 6.54 Å². The van der Waals surface area contributed by atoms with Gasteiger partial charge in [-0.25, -0.2) is 0 Å². The highest BCUT2D eigenvalue weighted by Gasteiger charge is 2.32. The Hall–Kier alpha value is -0.960. The highest BCUT2D eigenvalue weighted by atomic mass is 35.5. The summed E-state index contributed by atoms with van der Waals surface area (Å²) in [5, 5.41) is 3.04. The molecular weight excluding hydrogens is 214 g/mol. The lowest BCUT2D eigenvalue weighted by Crippen LogP contribution is -2.39. The Balaban J connectivity index is 1.90. The van der Waals surface area contributed by atoms with E-state index in [2.05, 4.69) is 12.2 Å². The Morgan fingerprint density at radius 3 is 2.87 bits per heavy atom. The second-order valence-electron chi connectivity index (χ2n) is 4.45. The predicted octanol–water partition coefficient (Wildman–Crippen LogP) is 2.85. The number of amides is 1. The molecule has 1 aromatic rings. The molecule has 0 saturated heterocycles. The van der Waals surface area contributed by atoms with Gasteiger partial charge in [0.25, 0.3) is 5.91 Å². The van der Waals surface area contributed by atoms with E-state index in [4.69, 9.17) is 16.0 Å². The Kier molecular flexibility index (Phi) is 2.74. The topological polar surface area (TPSA) is 42.2 Å². The molecule has 1 saturated carbocycles. The van der Waals surface area contributed by atoms with Crippen LogP contribution in [-0.4, -0.2) is 12.5 Å². The molecule has 1 aliphatic rings. The van der Waals surface area contributed by atoms with Gasteiger partial charge in [-0.15, -0.1) is 0 Å². The van der Waals surface area contributed by atoms with E-state index in [1.165, 1.54) is 25.5 Å². The number of rotatable bonds is 3. The van der Waals surface area contributed by atoms with Crippen molar-refractivity contribution in [1.29, 1.82) is 0 Å². The predicted molar refractivity (Wildman–Crippen MR) is 58.0 cm³/mol. The van der Waals surface area contributed by atoms with Crippen LogP contribution in [0.2, 0.25) is 5.22 Å². The maximum Gasteiger partial charge on any atom is 0.256 e. The van der Waals surface area contributed by atoms with Gasteiger partial charge in [0.2, 0.25) is 5.22 Å². The zero-order chi connectivity index (χ0) is 10.9. The lowest BCUT2D eigenvalue weighted by atomic mass is 9.70. The van der Waals surface area contributed by atoms with E-state index in [9.17, 15) is 4.79 Å². The quantitative estimate of drug-likeness (QED) is 0.863. The van der Waals surface area contributed by atoms with Gasteiger partial charge in [-0.2, -0.15) is 0 Å². The minimum absolute atomic E-state index is 0.151. The molecule has 1 aromatic heterocycles. The summed E-state index contributed by atoms with van der Waals surface area (Å²) in [6.45, 7) is 2.90. The van der Waals surface area contributed by atoms with Crippen LogP contribution in [0.3, 0.4) is 0 Å². The van der Waals surface area contributed by atoms with Crippen molar-refractivity contribution in [2.24, 2.45) is 5.41 Å². The standard InChI is InChI=1S/C11H14ClNO2/c1-11(4-2-5-11)7-13-10(14)8-3-6-15-9(8)12/h3,6H,2,4-5,7H2,1H3,(H,13,14). The van der Waals surface area contributed by atoms with Crippen molar-refractivity contribution in [2.45, 2.75) is 26.2 Å². The third-order valence-electron chi connectivity index (χ3n) is 3.10. The minimum atomic E-state index is -0.151.